The molecule has 0 aliphatic carbocycles. The van der Waals surface area contributed by atoms with Crippen molar-refractivity contribution in [1.29, 1.82) is 0 Å². The Kier molecular flexibility index (Phi) is 5.41. The highest BCUT2D eigenvalue weighted by molar-refractivity contribution is 9.10. The first kappa shape index (κ1) is 16.5. The third-order valence-corrected chi connectivity index (χ3v) is 5.09. The highest BCUT2D eigenvalue weighted by atomic mass is 79.9. The summed E-state index contributed by atoms with van der Waals surface area (Å²) >= 11 is 9.29. The Morgan fingerprint density at radius 3 is 2.53 bits per heavy atom. The van der Waals surface area contributed by atoms with Gasteiger partial charge in [-0.3, -0.25) is 4.79 Å². The molecule has 0 saturated heterocycles. The van der Waals surface area contributed by atoms with Crippen LogP contribution in [0.1, 0.15) is 22.8 Å². The maximum absolute atomic E-state index is 12.0. The molecule has 1 aromatic rings. The monoisotopic (exact) mass is 367 g/mol. The lowest BCUT2D eigenvalue weighted by Crippen LogP contribution is -2.37. The van der Waals surface area contributed by atoms with Gasteiger partial charge in [-0.05, 0) is 47.5 Å². The maximum Gasteiger partial charge on any atom is 0.251 e. The molecule has 0 saturated carbocycles. The molecule has 1 aromatic carbocycles. The first-order chi connectivity index (χ1) is 8.60. The van der Waals surface area contributed by atoms with Gasteiger partial charge in [-0.2, -0.15) is 0 Å². The zero-order valence-corrected chi connectivity index (χ0v) is 14.0. The highest BCUT2D eigenvalue weighted by Gasteiger charge is 2.15. The van der Waals surface area contributed by atoms with E-state index in [2.05, 4.69) is 21.2 Å². The SMILES string of the molecule is Cc1cc(C(=O)NC(C)CS(C)(=O)=O)cc(Cl)c1Br. The predicted molar refractivity (Wildman–Crippen MR) is 80.5 cm³/mol. The second-order valence-corrected chi connectivity index (χ2v) is 7.94. The number of sulfone groups is 1. The molecule has 1 unspecified atom stereocenters. The van der Waals surface area contributed by atoms with Crippen molar-refractivity contribution in [1.82, 2.24) is 5.32 Å². The predicted octanol–water partition coefficient (Wildman–Crippen LogP) is 2.57. The van der Waals surface area contributed by atoms with E-state index < -0.39 is 15.9 Å². The van der Waals surface area contributed by atoms with Crippen LogP contribution in [0.5, 0.6) is 0 Å². The Morgan fingerprint density at radius 1 is 1.47 bits per heavy atom. The highest BCUT2D eigenvalue weighted by Crippen LogP contribution is 2.27. The summed E-state index contributed by atoms with van der Waals surface area (Å²) in [6.45, 7) is 3.47. The quantitative estimate of drug-likeness (QED) is 0.888. The molecular formula is C12H15BrClNO3S. The summed E-state index contributed by atoms with van der Waals surface area (Å²) in [4.78, 5) is 12.0. The average molecular weight is 369 g/mol. The van der Waals surface area contributed by atoms with Gasteiger partial charge < -0.3 is 5.32 Å². The first-order valence-corrected chi connectivity index (χ1v) is 8.77. The molecule has 106 valence electrons. The smallest absolute Gasteiger partial charge is 0.251 e. The lowest BCUT2D eigenvalue weighted by Gasteiger charge is -2.13. The second kappa shape index (κ2) is 6.24. The van der Waals surface area contributed by atoms with Crippen LogP contribution in [0.4, 0.5) is 0 Å². The van der Waals surface area contributed by atoms with Gasteiger partial charge in [-0.25, -0.2) is 8.42 Å². The number of hydrogen-bond acceptors (Lipinski definition) is 3. The minimum atomic E-state index is -3.12. The van der Waals surface area contributed by atoms with Gasteiger partial charge in [0.1, 0.15) is 9.84 Å². The minimum absolute atomic E-state index is 0.0953. The minimum Gasteiger partial charge on any atom is -0.349 e. The van der Waals surface area contributed by atoms with Crippen molar-refractivity contribution in [3.8, 4) is 0 Å². The Hall–Kier alpha value is -0.590. The van der Waals surface area contributed by atoms with Crippen LogP contribution in [0, 0.1) is 6.92 Å². The summed E-state index contributed by atoms with van der Waals surface area (Å²) in [5.41, 5.74) is 1.25. The molecule has 1 atom stereocenters. The van der Waals surface area contributed by atoms with Crippen molar-refractivity contribution >= 4 is 43.3 Å². The third kappa shape index (κ3) is 5.12. The number of amides is 1. The van der Waals surface area contributed by atoms with Gasteiger partial charge in [0, 0.05) is 22.3 Å². The zero-order valence-electron chi connectivity index (χ0n) is 10.8. The van der Waals surface area contributed by atoms with E-state index >= 15 is 0 Å². The van der Waals surface area contributed by atoms with Gasteiger partial charge in [0.15, 0.2) is 0 Å². The van der Waals surface area contributed by atoms with E-state index in [1.165, 1.54) is 0 Å². The van der Waals surface area contributed by atoms with Crippen LogP contribution in [0.2, 0.25) is 5.02 Å². The summed E-state index contributed by atoms with van der Waals surface area (Å²) in [7, 11) is -3.12. The lowest BCUT2D eigenvalue weighted by atomic mass is 10.1. The number of carbonyl (C=O) groups excluding carboxylic acids is 1. The molecule has 0 aliphatic rings. The fraction of sp³-hybridized carbons (Fsp3) is 0.417. The van der Waals surface area contributed by atoms with Gasteiger partial charge in [-0.15, -0.1) is 0 Å². The van der Waals surface area contributed by atoms with E-state index in [1.54, 1.807) is 19.1 Å². The fourth-order valence-electron chi connectivity index (χ4n) is 1.66. The van der Waals surface area contributed by atoms with Crippen molar-refractivity contribution in [2.45, 2.75) is 19.9 Å². The van der Waals surface area contributed by atoms with E-state index in [1.807, 2.05) is 6.92 Å². The molecule has 0 radical (unpaired) electrons. The molecule has 0 bridgehead atoms. The van der Waals surface area contributed by atoms with E-state index in [4.69, 9.17) is 11.6 Å². The van der Waals surface area contributed by atoms with E-state index in [0.29, 0.717) is 10.6 Å². The van der Waals surface area contributed by atoms with Gasteiger partial charge in [0.05, 0.1) is 10.8 Å². The number of nitrogens with one attached hydrogen (secondary N) is 1. The molecule has 0 aromatic heterocycles. The zero-order chi connectivity index (χ0) is 14.8. The normalized spacial score (nSPS) is 13.1. The van der Waals surface area contributed by atoms with E-state index in [0.717, 1.165) is 16.3 Å². The van der Waals surface area contributed by atoms with Crippen LogP contribution in [0.3, 0.4) is 0 Å². The molecule has 7 heteroatoms. The average Bonchev–Trinajstić information content (AvgIpc) is 2.22. The summed E-state index contributed by atoms with van der Waals surface area (Å²) < 4.78 is 23.0. The van der Waals surface area contributed by atoms with Crippen LogP contribution in [-0.2, 0) is 9.84 Å². The van der Waals surface area contributed by atoms with Gasteiger partial charge in [-0.1, -0.05) is 11.6 Å². The molecule has 0 heterocycles. The number of carbonyl (C=O) groups is 1. The number of aryl methyl sites for hydroxylation is 1. The molecule has 4 nitrogen and oxygen atoms in total. The number of benzene rings is 1. The summed E-state index contributed by atoms with van der Waals surface area (Å²) in [5, 5.41) is 3.08. The molecule has 1 rings (SSSR count). The molecule has 0 aliphatic heterocycles. The molecule has 19 heavy (non-hydrogen) atoms. The van der Waals surface area contributed by atoms with Crippen molar-refractivity contribution in [2.24, 2.45) is 0 Å². The standard InChI is InChI=1S/C12H15BrClNO3S/c1-7-4-9(5-10(14)11(7)13)12(16)15-8(2)6-19(3,17)18/h4-5,8H,6H2,1-3H3,(H,15,16). The van der Waals surface area contributed by atoms with Gasteiger partial charge in [0.2, 0.25) is 0 Å². The van der Waals surface area contributed by atoms with Crippen LogP contribution in [0.15, 0.2) is 16.6 Å². The van der Waals surface area contributed by atoms with Gasteiger partial charge >= 0.3 is 0 Å². The molecule has 0 fully saturated rings. The van der Waals surface area contributed by atoms with E-state index in [9.17, 15) is 13.2 Å². The topological polar surface area (TPSA) is 63.2 Å². The lowest BCUT2D eigenvalue weighted by molar-refractivity contribution is 0.0943. The Morgan fingerprint density at radius 2 is 2.05 bits per heavy atom. The Labute approximate surface area is 126 Å². The molecule has 1 amide bonds. The van der Waals surface area contributed by atoms with E-state index in [-0.39, 0.29) is 11.7 Å². The summed E-state index contributed by atoms with van der Waals surface area (Å²) in [6.07, 6.45) is 1.14. The van der Waals surface area contributed by atoms with Crippen LogP contribution < -0.4 is 5.32 Å². The van der Waals surface area contributed by atoms with Crippen LogP contribution >= 0.6 is 27.5 Å². The van der Waals surface area contributed by atoms with Crippen molar-refractivity contribution < 1.29 is 13.2 Å². The third-order valence-electron chi connectivity index (χ3n) is 2.40. The number of halogens is 2. The molecular weight excluding hydrogens is 354 g/mol. The van der Waals surface area contributed by atoms with Crippen molar-refractivity contribution in [3.05, 3.63) is 32.8 Å². The van der Waals surface area contributed by atoms with Crippen LogP contribution in [-0.4, -0.2) is 32.4 Å². The number of hydrogen-bond donors (Lipinski definition) is 1. The molecule has 0 spiro atoms. The van der Waals surface area contributed by atoms with Crippen molar-refractivity contribution in [2.75, 3.05) is 12.0 Å². The first-order valence-electron chi connectivity index (χ1n) is 5.54. The summed E-state index contributed by atoms with van der Waals surface area (Å²) in [5.74, 6) is -0.434. The summed E-state index contributed by atoms with van der Waals surface area (Å²) in [6, 6.07) is 2.78. The molecule has 1 N–H and O–H groups in total. The van der Waals surface area contributed by atoms with Crippen LogP contribution in [0.25, 0.3) is 0 Å². The Balaban J connectivity index is 2.85. The van der Waals surface area contributed by atoms with Gasteiger partial charge in [0.25, 0.3) is 5.91 Å². The Bertz CT molecular complexity index is 578. The maximum atomic E-state index is 12.0. The second-order valence-electron chi connectivity index (χ2n) is 4.56. The largest absolute Gasteiger partial charge is 0.349 e. The fourth-order valence-corrected chi connectivity index (χ4v) is 3.15. The number of rotatable bonds is 4. The van der Waals surface area contributed by atoms with Crippen molar-refractivity contribution in [3.63, 3.8) is 0 Å².